The fourth-order valence-electron chi connectivity index (χ4n) is 1.70. The van der Waals surface area contributed by atoms with Crippen LogP contribution in [0.1, 0.15) is 51.5 Å². The summed E-state index contributed by atoms with van der Waals surface area (Å²) in [6.07, 6.45) is 6.85. The van der Waals surface area contributed by atoms with Crippen molar-refractivity contribution in [2.24, 2.45) is 0 Å². The number of nitrogens with zero attached hydrogens (tertiary/aromatic N) is 2. The lowest BCUT2D eigenvalue weighted by Gasteiger charge is -2.23. The molecule has 0 bridgehead atoms. The van der Waals surface area contributed by atoms with Gasteiger partial charge in [-0.3, -0.25) is 0 Å². The molecule has 1 fully saturated rings. The van der Waals surface area contributed by atoms with Crippen LogP contribution in [0.25, 0.3) is 0 Å². The number of carbonyl (C=O) groups excluding carboxylic acids is 1. The Morgan fingerprint density at radius 3 is 2.69 bits per heavy atom. The highest BCUT2D eigenvalue weighted by Crippen LogP contribution is 2.35. The molecule has 0 aromatic carbocycles. The molecule has 1 aromatic rings. The van der Waals surface area contributed by atoms with E-state index >= 15 is 0 Å². The third-order valence-electron chi connectivity index (χ3n) is 2.76. The fraction of sp³-hybridized carbons (Fsp3) is 0.667. The standard InChI is InChI=1S/C12H18N2O2/c1-12(2,3)16-11(15)14-8-10(7-13-14)9-5-4-6-9/h7-9H,4-6H2,1-3H3. The van der Waals surface area contributed by atoms with Crippen LogP contribution in [-0.2, 0) is 4.74 Å². The molecule has 0 amide bonds. The average Bonchev–Trinajstić information content (AvgIpc) is 2.46. The molecule has 1 aliphatic rings. The van der Waals surface area contributed by atoms with Crippen LogP contribution in [0.5, 0.6) is 0 Å². The number of carbonyl (C=O) groups is 1. The van der Waals surface area contributed by atoms with Crippen molar-refractivity contribution in [1.82, 2.24) is 9.78 Å². The van der Waals surface area contributed by atoms with E-state index in [0.717, 1.165) is 5.56 Å². The second kappa shape index (κ2) is 3.92. The minimum atomic E-state index is -0.473. The smallest absolute Gasteiger partial charge is 0.435 e. The van der Waals surface area contributed by atoms with Gasteiger partial charge in [0.25, 0.3) is 0 Å². The number of aromatic nitrogens is 2. The molecule has 16 heavy (non-hydrogen) atoms. The van der Waals surface area contributed by atoms with Crippen LogP contribution >= 0.6 is 0 Å². The van der Waals surface area contributed by atoms with Gasteiger partial charge in [0.05, 0.1) is 6.20 Å². The van der Waals surface area contributed by atoms with E-state index in [1.165, 1.54) is 23.9 Å². The van der Waals surface area contributed by atoms with E-state index in [0.29, 0.717) is 5.92 Å². The molecular formula is C12H18N2O2. The first kappa shape index (κ1) is 11.2. The molecule has 0 saturated heterocycles. The minimum Gasteiger partial charge on any atom is -0.442 e. The van der Waals surface area contributed by atoms with E-state index < -0.39 is 11.7 Å². The maximum atomic E-state index is 11.7. The lowest BCUT2D eigenvalue weighted by Crippen LogP contribution is -2.27. The molecule has 1 aromatic heterocycles. The topological polar surface area (TPSA) is 44.1 Å². The van der Waals surface area contributed by atoms with Crippen molar-refractivity contribution in [3.05, 3.63) is 18.0 Å². The van der Waals surface area contributed by atoms with Crippen molar-refractivity contribution in [3.8, 4) is 0 Å². The minimum absolute atomic E-state index is 0.405. The van der Waals surface area contributed by atoms with E-state index in [2.05, 4.69) is 5.10 Å². The molecule has 1 heterocycles. The summed E-state index contributed by atoms with van der Waals surface area (Å²) in [7, 11) is 0. The highest BCUT2D eigenvalue weighted by atomic mass is 16.6. The van der Waals surface area contributed by atoms with Crippen LogP contribution in [0.15, 0.2) is 12.4 Å². The van der Waals surface area contributed by atoms with E-state index in [9.17, 15) is 4.79 Å². The second-order valence-electron chi connectivity index (χ2n) is 5.33. The molecule has 0 unspecified atom stereocenters. The van der Waals surface area contributed by atoms with Crippen LogP contribution in [0.4, 0.5) is 4.79 Å². The van der Waals surface area contributed by atoms with Gasteiger partial charge in [-0.15, -0.1) is 0 Å². The van der Waals surface area contributed by atoms with Crippen LogP contribution in [0, 0.1) is 0 Å². The summed E-state index contributed by atoms with van der Waals surface area (Å²) in [5.41, 5.74) is 0.678. The molecule has 0 radical (unpaired) electrons. The van der Waals surface area contributed by atoms with Crippen LogP contribution in [-0.4, -0.2) is 21.5 Å². The summed E-state index contributed by atoms with van der Waals surface area (Å²) in [5, 5.41) is 4.05. The largest absolute Gasteiger partial charge is 0.442 e. The predicted molar refractivity (Wildman–Crippen MR) is 60.5 cm³/mol. The highest BCUT2D eigenvalue weighted by molar-refractivity contribution is 5.69. The Labute approximate surface area is 95.6 Å². The lowest BCUT2D eigenvalue weighted by molar-refractivity contribution is 0.0514. The van der Waals surface area contributed by atoms with Gasteiger partial charge >= 0.3 is 6.09 Å². The lowest BCUT2D eigenvalue weighted by atomic mass is 9.81. The first-order valence-corrected chi connectivity index (χ1v) is 5.73. The van der Waals surface area contributed by atoms with Gasteiger partial charge < -0.3 is 4.74 Å². The number of hydrogen-bond donors (Lipinski definition) is 0. The summed E-state index contributed by atoms with van der Waals surface area (Å²) in [6.45, 7) is 5.55. The van der Waals surface area contributed by atoms with E-state index in [-0.39, 0.29) is 0 Å². The Morgan fingerprint density at radius 2 is 2.19 bits per heavy atom. The van der Waals surface area contributed by atoms with Gasteiger partial charge in [-0.05, 0) is 45.1 Å². The molecule has 1 aliphatic carbocycles. The second-order valence-corrected chi connectivity index (χ2v) is 5.33. The van der Waals surface area contributed by atoms with Gasteiger partial charge in [-0.1, -0.05) is 6.42 Å². The van der Waals surface area contributed by atoms with Crippen molar-refractivity contribution < 1.29 is 9.53 Å². The fourth-order valence-corrected chi connectivity index (χ4v) is 1.70. The summed E-state index contributed by atoms with van der Waals surface area (Å²) in [4.78, 5) is 11.7. The van der Waals surface area contributed by atoms with Crippen LogP contribution in [0.3, 0.4) is 0 Å². The van der Waals surface area contributed by atoms with Gasteiger partial charge in [0, 0.05) is 6.20 Å². The SMILES string of the molecule is CC(C)(C)OC(=O)n1cc(C2CCC2)cn1. The average molecular weight is 222 g/mol. The van der Waals surface area contributed by atoms with Crippen molar-refractivity contribution in [2.45, 2.75) is 51.6 Å². The first-order valence-electron chi connectivity index (χ1n) is 5.73. The first-order chi connectivity index (χ1) is 7.46. The van der Waals surface area contributed by atoms with E-state index in [4.69, 9.17) is 4.74 Å². The Morgan fingerprint density at radius 1 is 1.50 bits per heavy atom. The van der Waals surface area contributed by atoms with Gasteiger partial charge in [-0.25, -0.2) is 4.79 Å². The molecule has 4 heteroatoms. The molecule has 1 saturated carbocycles. The molecule has 2 rings (SSSR count). The predicted octanol–water partition coefficient (Wildman–Crippen LogP) is 2.93. The molecule has 88 valence electrons. The quantitative estimate of drug-likeness (QED) is 0.733. The molecule has 4 nitrogen and oxygen atoms in total. The summed E-state index contributed by atoms with van der Waals surface area (Å²) < 4.78 is 6.52. The van der Waals surface area contributed by atoms with Crippen LogP contribution in [0.2, 0.25) is 0 Å². The van der Waals surface area contributed by atoms with Crippen molar-refractivity contribution in [1.29, 1.82) is 0 Å². The third-order valence-corrected chi connectivity index (χ3v) is 2.76. The van der Waals surface area contributed by atoms with E-state index in [1.54, 1.807) is 12.4 Å². The number of rotatable bonds is 1. The zero-order valence-corrected chi connectivity index (χ0v) is 10.1. The van der Waals surface area contributed by atoms with Crippen molar-refractivity contribution in [3.63, 3.8) is 0 Å². The zero-order valence-electron chi connectivity index (χ0n) is 10.1. The van der Waals surface area contributed by atoms with Gasteiger partial charge in [0.1, 0.15) is 5.60 Å². The highest BCUT2D eigenvalue weighted by Gasteiger charge is 2.23. The Hall–Kier alpha value is -1.32. The zero-order chi connectivity index (χ0) is 11.8. The van der Waals surface area contributed by atoms with Crippen LogP contribution < -0.4 is 0 Å². The van der Waals surface area contributed by atoms with E-state index in [1.807, 2.05) is 20.8 Å². The molecular weight excluding hydrogens is 204 g/mol. The number of ether oxygens (including phenoxy) is 1. The summed E-state index contributed by atoms with van der Waals surface area (Å²) in [5.74, 6) is 0.594. The van der Waals surface area contributed by atoms with Crippen molar-refractivity contribution in [2.75, 3.05) is 0 Å². The molecule has 0 spiro atoms. The Balaban J connectivity index is 2.03. The molecule has 0 atom stereocenters. The third kappa shape index (κ3) is 2.43. The molecule has 0 aliphatic heterocycles. The Bertz CT molecular complexity index is 386. The van der Waals surface area contributed by atoms with Gasteiger partial charge in [0.15, 0.2) is 0 Å². The van der Waals surface area contributed by atoms with Gasteiger partial charge in [0.2, 0.25) is 0 Å². The summed E-state index contributed by atoms with van der Waals surface area (Å²) in [6, 6.07) is 0. The van der Waals surface area contributed by atoms with Crippen molar-refractivity contribution >= 4 is 6.09 Å². The normalized spacial score (nSPS) is 16.9. The number of hydrogen-bond acceptors (Lipinski definition) is 3. The maximum absolute atomic E-state index is 11.7. The maximum Gasteiger partial charge on any atom is 0.435 e. The Kier molecular flexibility index (Phi) is 2.74. The molecule has 0 N–H and O–H groups in total. The van der Waals surface area contributed by atoms with Gasteiger partial charge in [-0.2, -0.15) is 9.78 Å². The monoisotopic (exact) mass is 222 g/mol. The summed E-state index contributed by atoms with van der Waals surface area (Å²) >= 11 is 0.